The third-order valence-electron chi connectivity index (χ3n) is 5.36. The number of anilines is 1. The molecule has 0 radical (unpaired) electrons. The third-order valence-corrected chi connectivity index (χ3v) is 6.38. The van der Waals surface area contributed by atoms with E-state index in [9.17, 15) is 14.7 Å². The van der Waals surface area contributed by atoms with E-state index in [-0.39, 0.29) is 17.2 Å². The Morgan fingerprint density at radius 1 is 1.17 bits per heavy atom. The van der Waals surface area contributed by atoms with Crippen molar-refractivity contribution in [3.63, 3.8) is 0 Å². The van der Waals surface area contributed by atoms with Crippen LogP contribution in [0.2, 0.25) is 0 Å². The normalized spacial score (nSPS) is 12.9. The van der Waals surface area contributed by atoms with Crippen molar-refractivity contribution in [2.75, 3.05) is 19.0 Å². The Balaban J connectivity index is 1.56. The van der Waals surface area contributed by atoms with E-state index >= 15 is 0 Å². The van der Waals surface area contributed by atoms with Crippen molar-refractivity contribution in [1.82, 2.24) is 4.90 Å². The van der Waals surface area contributed by atoms with Gasteiger partial charge in [0.05, 0.1) is 12.7 Å². The van der Waals surface area contributed by atoms with Crippen molar-refractivity contribution < 1.29 is 19.4 Å². The first-order valence-electron chi connectivity index (χ1n) is 9.60. The lowest BCUT2D eigenvalue weighted by Gasteiger charge is -2.28. The predicted octanol–water partition coefficient (Wildman–Crippen LogP) is 4.22. The maximum absolute atomic E-state index is 13.2. The summed E-state index contributed by atoms with van der Waals surface area (Å²) in [4.78, 5) is 29.1. The van der Waals surface area contributed by atoms with Crippen LogP contribution in [0.3, 0.4) is 0 Å². The van der Waals surface area contributed by atoms with Gasteiger partial charge in [-0.05, 0) is 66.2 Å². The van der Waals surface area contributed by atoms with Gasteiger partial charge in [-0.3, -0.25) is 9.59 Å². The maximum atomic E-state index is 13.2. The van der Waals surface area contributed by atoms with Gasteiger partial charge in [0.25, 0.3) is 11.8 Å². The Morgan fingerprint density at radius 2 is 2.00 bits per heavy atom. The Hall–Kier alpha value is -3.32. The highest BCUT2D eigenvalue weighted by atomic mass is 32.1. The zero-order valence-electron chi connectivity index (χ0n) is 16.8. The fraction of sp³-hybridized carbons (Fsp3) is 0.217. The summed E-state index contributed by atoms with van der Waals surface area (Å²) < 4.78 is 5.13. The summed E-state index contributed by atoms with van der Waals surface area (Å²) >= 11 is 1.73. The minimum absolute atomic E-state index is 0.0512. The number of benzene rings is 2. The molecule has 154 valence electrons. The molecule has 1 aliphatic heterocycles. The summed E-state index contributed by atoms with van der Waals surface area (Å²) in [6.45, 7) is 3.10. The van der Waals surface area contributed by atoms with Gasteiger partial charge in [0.1, 0.15) is 11.5 Å². The van der Waals surface area contributed by atoms with Crippen molar-refractivity contribution in [3.05, 3.63) is 75.0 Å². The molecule has 0 atom stereocenters. The Kier molecular flexibility index (Phi) is 5.46. The van der Waals surface area contributed by atoms with Crippen LogP contribution in [0.5, 0.6) is 11.5 Å². The average molecular weight is 423 g/mol. The van der Waals surface area contributed by atoms with Gasteiger partial charge < -0.3 is 20.1 Å². The molecule has 0 unspecified atom stereocenters. The number of hydrogen-bond acceptors (Lipinski definition) is 5. The van der Waals surface area contributed by atoms with Gasteiger partial charge in [-0.2, -0.15) is 0 Å². The van der Waals surface area contributed by atoms with Gasteiger partial charge >= 0.3 is 0 Å². The number of hydrogen-bond donors (Lipinski definition) is 2. The molecule has 1 aromatic heterocycles. The fourth-order valence-corrected chi connectivity index (χ4v) is 4.50. The highest BCUT2D eigenvalue weighted by Crippen LogP contribution is 2.28. The van der Waals surface area contributed by atoms with E-state index in [1.54, 1.807) is 35.6 Å². The van der Waals surface area contributed by atoms with Crippen LogP contribution in [-0.4, -0.2) is 35.5 Å². The Bertz CT molecular complexity index is 1120. The quantitative estimate of drug-likeness (QED) is 0.660. The number of fused-ring (bicyclic) bond motifs is 1. The number of phenolic OH excluding ortho intramolecular Hbond substituents is 1. The first-order valence-corrected chi connectivity index (χ1v) is 10.5. The molecule has 7 heteroatoms. The van der Waals surface area contributed by atoms with Gasteiger partial charge in [0.2, 0.25) is 0 Å². The van der Waals surface area contributed by atoms with Crippen LogP contribution in [-0.2, 0) is 13.0 Å². The molecule has 0 aliphatic carbocycles. The zero-order chi connectivity index (χ0) is 21.3. The molecule has 2 heterocycles. The molecule has 2 N–H and O–H groups in total. The zero-order valence-corrected chi connectivity index (χ0v) is 17.6. The molecule has 2 aromatic carbocycles. The number of aromatic hydroxyl groups is 1. The molecule has 0 spiro atoms. The molecule has 1 aliphatic rings. The largest absolute Gasteiger partial charge is 0.507 e. The number of nitrogens with one attached hydrogen (secondary N) is 1. The van der Waals surface area contributed by atoms with Crippen LogP contribution in [0.25, 0.3) is 0 Å². The van der Waals surface area contributed by atoms with Crippen LogP contribution >= 0.6 is 11.3 Å². The second kappa shape index (κ2) is 8.20. The summed E-state index contributed by atoms with van der Waals surface area (Å²) in [6.07, 6.45) is 0.864. The van der Waals surface area contributed by atoms with Gasteiger partial charge in [-0.25, -0.2) is 0 Å². The molecule has 4 rings (SSSR count). The number of nitrogens with zero attached hydrogens (tertiary/aromatic N) is 1. The Labute approximate surface area is 178 Å². The highest BCUT2D eigenvalue weighted by Gasteiger charge is 2.24. The fourth-order valence-electron chi connectivity index (χ4n) is 3.61. The van der Waals surface area contributed by atoms with E-state index in [0.717, 1.165) is 6.42 Å². The molecule has 30 heavy (non-hydrogen) atoms. The number of phenols is 1. The van der Waals surface area contributed by atoms with E-state index < -0.39 is 5.91 Å². The van der Waals surface area contributed by atoms with Crippen LogP contribution in [0, 0.1) is 6.92 Å². The Morgan fingerprint density at radius 3 is 2.80 bits per heavy atom. The summed E-state index contributed by atoms with van der Waals surface area (Å²) in [5.41, 5.74) is 3.08. The molecule has 0 saturated carbocycles. The van der Waals surface area contributed by atoms with Crippen molar-refractivity contribution in [2.24, 2.45) is 0 Å². The van der Waals surface area contributed by atoms with E-state index in [4.69, 9.17) is 4.74 Å². The van der Waals surface area contributed by atoms with Crippen LogP contribution in [0.15, 0.2) is 47.8 Å². The lowest BCUT2D eigenvalue weighted by atomic mass is 10.0. The van der Waals surface area contributed by atoms with Gasteiger partial charge in [-0.15, -0.1) is 11.3 Å². The SMILES string of the molecule is COc1ccc(O)c(C(=O)Nc2cccc(C(=O)N3CCc4sccc4C3)c2C)c1. The van der Waals surface area contributed by atoms with Crippen LogP contribution in [0.4, 0.5) is 5.69 Å². The number of methoxy groups -OCH3 is 1. The van der Waals surface area contributed by atoms with Crippen molar-refractivity contribution in [1.29, 1.82) is 0 Å². The molecule has 0 fully saturated rings. The first kappa shape index (κ1) is 20.0. The van der Waals surface area contributed by atoms with Crippen LogP contribution < -0.4 is 10.1 Å². The third kappa shape index (κ3) is 3.76. The minimum atomic E-state index is -0.472. The number of carbonyl (C=O) groups excluding carboxylic acids is 2. The smallest absolute Gasteiger partial charge is 0.259 e. The standard InChI is InChI=1S/C23H22N2O4S/c1-14-17(23(28)25-10-8-21-15(13-25)9-11-30-21)4-3-5-19(14)24-22(27)18-12-16(29-2)6-7-20(18)26/h3-7,9,11-12,26H,8,10,13H2,1-2H3,(H,24,27). The van der Waals surface area contributed by atoms with Crippen molar-refractivity contribution in [3.8, 4) is 11.5 Å². The van der Waals surface area contributed by atoms with E-state index in [2.05, 4.69) is 16.8 Å². The second-order valence-electron chi connectivity index (χ2n) is 7.16. The monoisotopic (exact) mass is 422 g/mol. The number of ether oxygens (including phenoxy) is 1. The summed E-state index contributed by atoms with van der Waals surface area (Å²) in [6, 6.07) is 11.8. The minimum Gasteiger partial charge on any atom is -0.507 e. The highest BCUT2D eigenvalue weighted by molar-refractivity contribution is 7.10. The predicted molar refractivity (Wildman–Crippen MR) is 117 cm³/mol. The van der Waals surface area contributed by atoms with Gasteiger partial charge in [0.15, 0.2) is 0 Å². The number of carbonyl (C=O) groups is 2. The maximum Gasteiger partial charge on any atom is 0.259 e. The lowest BCUT2D eigenvalue weighted by molar-refractivity contribution is 0.0735. The van der Waals surface area contributed by atoms with E-state index in [1.165, 1.54) is 29.7 Å². The van der Waals surface area contributed by atoms with Gasteiger partial charge in [-0.1, -0.05) is 6.07 Å². The topological polar surface area (TPSA) is 78.9 Å². The lowest BCUT2D eigenvalue weighted by Crippen LogP contribution is -2.35. The molecule has 0 bridgehead atoms. The van der Waals surface area contributed by atoms with Crippen molar-refractivity contribution >= 4 is 28.8 Å². The van der Waals surface area contributed by atoms with E-state index in [1.807, 2.05) is 11.8 Å². The number of thiophene rings is 1. The summed E-state index contributed by atoms with van der Waals surface area (Å²) in [5.74, 6) is -0.195. The first-order chi connectivity index (χ1) is 14.5. The molecular weight excluding hydrogens is 400 g/mol. The molecule has 3 aromatic rings. The molecule has 2 amide bonds. The molecule has 0 saturated heterocycles. The number of amides is 2. The van der Waals surface area contributed by atoms with Gasteiger partial charge in [0, 0.05) is 29.2 Å². The summed E-state index contributed by atoms with van der Waals surface area (Å²) in [5, 5.41) is 14.9. The number of rotatable bonds is 4. The second-order valence-corrected chi connectivity index (χ2v) is 8.16. The van der Waals surface area contributed by atoms with E-state index in [0.29, 0.717) is 35.7 Å². The average Bonchev–Trinajstić information content (AvgIpc) is 3.23. The molecule has 6 nitrogen and oxygen atoms in total. The van der Waals surface area contributed by atoms with Crippen molar-refractivity contribution in [2.45, 2.75) is 19.9 Å². The summed E-state index contributed by atoms with van der Waals surface area (Å²) in [7, 11) is 1.49. The van der Waals surface area contributed by atoms with Crippen LogP contribution in [0.1, 0.15) is 36.7 Å². The molecular formula is C23H22N2O4S.